The predicted octanol–water partition coefficient (Wildman–Crippen LogP) is 5.53. The summed E-state index contributed by atoms with van der Waals surface area (Å²) in [4.78, 5) is 12.5. The molecule has 2 N–H and O–H groups in total. The Hall–Kier alpha value is -2.72. The number of nitrogens with two attached hydrogens (primary N) is 1. The van der Waals surface area contributed by atoms with Gasteiger partial charge in [0.1, 0.15) is 5.75 Å². The van der Waals surface area contributed by atoms with Crippen LogP contribution in [0.5, 0.6) is 5.75 Å². The number of hydrogen-bond donors (Lipinski definition) is 1. The largest absolute Gasteiger partial charge is 0.496 e. The van der Waals surface area contributed by atoms with E-state index in [1.807, 2.05) is 50.2 Å². The van der Waals surface area contributed by atoms with Crippen molar-refractivity contribution in [2.75, 3.05) is 7.11 Å². The average Bonchev–Trinajstić information content (AvgIpc) is 2.94. The molecular weight excluding hydrogens is 384 g/mol. The van der Waals surface area contributed by atoms with Crippen molar-refractivity contribution in [1.82, 2.24) is 4.57 Å². The summed E-state index contributed by atoms with van der Waals surface area (Å²) in [6.45, 7) is 6.74. The number of rotatable bonds is 7. The molecule has 152 valence electrons. The second-order valence-corrected chi connectivity index (χ2v) is 7.73. The van der Waals surface area contributed by atoms with Gasteiger partial charge in [0.2, 0.25) is 0 Å². The smallest absolute Gasteiger partial charge is 0.251 e. The van der Waals surface area contributed by atoms with E-state index in [2.05, 4.69) is 17.6 Å². The zero-order valence-electron chi connectivity index (χ0n) is 17.4. The van der Waals surface area contributed by atoms with Crippen LogP contribution in [0.4, 0.5) is 0 Å². The molecular formula is C24H27ClN2O2. The average molecular weight is 411 g/mol. The molecule has 2 aromatic carbocycles. The Morgan fingerprint density at radius 2 is 1.93 bits per heavy atom. The monoisotopic (exact) mass is 410 g/mol. The van der Waals surface area contributed by atoms with Gasteiger partial charge in [-0.05, 0) is 61.2 Å². The molecule has 0 aliphatic carbocycles. The maximum absolute atomic E-state index is 12.5. The van der Waals surface area contributed by atoms with Crippen LogP contribution < -0.4 is 10.5 Å². The van der Waals surface area contributed by atoms with Gasteiger partial charge in [0.25, 0.3) is 5.91 Å². The molecule has 0 saturated carbocycles. The van der Waals surface area contributed by atoms with Crippen molar-refractivity contribution in [3.63, 3.8) is 0 Å². The Morgan fingerprint density at radius 1 is 1.17 bits per heavy atom. The fourth-order valence-electron chi connectivity index (χ4n) is 3.97. The first-order valence-corrected chi connectivity index (χ1v) is 10.2. The van der Waals surface area contributed by atoms with E-state index in [0.717, 1.165) is 52.2 Å². The second kappa shape index (κ2) is 8.75. The summed E-state index contributed by atoms with van der Waals surface area (Å²) in [5.41, 5.74) is 12.4. The van der Waals surface area contributed by atoms with E-state index >= 15 is 0 Å². The molecule has 0 aliphatic rings. The minimum atomic E-state index is -0.409. The van der Waals surface area contributed by atoms with E-state index in [1.54, 1.807) is 7.11 Å². The van der Waals surface area contributed by atoms with Gasteiger partial charge in [0, 0.05) is 28.5 Å². The number of carbonyl (C=O) groups excluding carboxylic acids is 1. The van der Waals surface area contributed by atoms with Crippen LogP contribution in [-0.2, 0) is 13.0 Å². The van der Waals surface area contributed by atoms with Crippen LogP contribution in [0, 0.1) is 13.8 Å². The van der Waals surface area contributed by atoms with Crippen LogP contribution in [-0.4, -0.2) is 17.6 Å². The molecule has 0 bridgehead atoms. The number of aryl methyl sites for hydroxylation is 1. The first-order chi connectivity index (χ1) is 13.9. The van der Waals surface area contributed by atoms with Crippen molar-refractivity contribution in [1.29, 1.82) is 0 Å². The fraction of sp³-hybridized carbons (Fsp3) is 0.292. The molecule has 0 unspecified atom stereocenters. The second-order valence-electron chi connectivity index (χ2n) is 7.30. The number of methoxy groups -OCH3 is 1. The minimum Gasteiger partial charge on any atom is -0.496 e. The van der Waals surface area contributed by atoms with Gasteiger partial charge in [-0.25, -0.2) is 0 Å². The lowest BCUT2D eigenvalue weighted by Crippen LogP contribution is -2.13. The number of halogens is 1. The van der Waals surface area contributed by atoms with E-state index in [0.29, 0.717) is 17.1 Å². The third kappa shape index (κ3) is 4.18. The van der Waals surface area contributed by atoms with Crippen LogP contribution in [0.1, 0.15) is 46.2 Å². The van der Waals surface area contributed by atoms with Crippen LogP contribution in [0.2, 0.25) is 5.02 Å². The highest BCUT2D eigenvalue weighted by atomic mass is 35.5. The summed E-state index contributed by atoms with van der Waals surface area (Å²) in [5.74, 6) is 0.412. The van der Waals surface area contributed by atoms with Gasteiger partial charge in [-0.3, -0.25) is 4.79 Å². The lowest BCUT2D eigenvalue weighted by Gasteiger charge is -2.14. The normalized spacial score (nSPS) is 10.9. The van der Waals surface area contributed by atoms with Crippen LogP contribution in [0.25, 0.3) is 11.1 Å². The number of benzene rings is 2. The topological polar surface area (TPSA) is 57.2 Å². The molecule has 1 amide bonds. The summed E-state index contributed by atoms with van der Waals surface area (Å²) >= 11 is 6.19. The molecule has 29 heavy (non-hydrogen) atoms. The zero-order valence-corrected chi connectivity index (χ0v) is 18.1. The molecule has 0 spiro atoms. The van der Waals surface area contributed by atoms with Gasteiger partial charge in [0.15, 0.2) is 0 Å². The van der Waals surface area contributed by atoms with Crippen LogP contribution in [0.15, 0.2) is 42.5 Å². The zero-order chi connectivity index (χ0) is 21.1. The van der Waals surface area contributed by atoms with Gasteiger partial charge in [-0.15, -0.1) is 0 Å². The minimum absolute atomic E-state index is 0.409. The molecule has 0 aliphatic heterocycles. The van der Waals surface area contributed by atoms with Gasteiger partial charge in [-0.1, -0.05) is 43.1 Å². The van der Waals surface area contributed by atoms with E-state index in [4.69, 9.17) is 22.1 Å². The van der Waals surface area contributed by atoms with E-state index in [1.165, 1.54) is 0 Å². The highest BCUT2D eigenvalue weighted by Gasteiger charge is 2.24. The van der Waals surface area contributed by atoms with Gasteiger partial charge < -0.3 is 15.0 Å². The van der Waals surface area contributed by atoms with Crippen molar-refractivity contribution in [3.8, 4) is 16.9 Å². The summed E-state index contributed by atoms with van der Waals surface area (Å²) in [6.07, 6.45) is 1.80. The number of nitrogens with zero attached hydrogens (tertiary/aromatic N) is 1. The Labute approximate surface area is 177 Å². The molecule has 0 radical (unpaired) electrons. The standard InChI is InChI=1S/C24H27ClN2O2/c1-5-7-20-23(18-10-11-21(29-4)15(2)12-18)22(24(26)28)16(3)27(20)14-17-8-6-9-19(25)13-17/h6,8-13H,5,7,14H2,1-4H3,(H2,26,28). The number of hydrogen-bond acceptors (Lipinski definition) is 2. The van der Waals surface area contributed by atoms with Crippen molar-refractivity contribution in [2.45, 2.75) is 40.2 Å². The highest BCUT2D eigenvalue weighted by molar-refractivity contribution is 6.30. The quantitative estimate of drug-likeness (QED) is 0.556. The fourth-order valence-corrected chi connectivity index (χ4v) is 4.19. The van der Waals surface area contributed by atoms with E-state index < -0.39 is 5.91 Å². The molecule has 3 rings (SSSR count). The Bertz CT molecular complexity index is 1050. The Balaban J connectivity index is 2.24. The maximum atomic E-state index is 12.5. The number of amides is 1. The van der Waals surface area contributed by atoms with Gasteiger partial charge in [0.05, 0.1) is 12.7 Å². The SMILES string of the molecule is CCCc1c(-c2ccc(OC)c(C)c2)c(C(N)=O)c(C)n1Cc1cccc(Cl)c1. The number of primary amides is 1. The Kier molecular flexibility index (Phi) is 6.33. The Morgan fingerprint density at radius 3 is 2.52 bits per heavy atom. The molecule has 5 heteroatoms. The highest BCUT2D eigenvalue weighted by Crippen LogP contribution is 2.36. The van der Waals surface area contributed by atoms with Crippen molar-refractivity contribution < 1.29 is 9.53 Å². The lowest BCUT2D eigenvalue weighted by atomic mass is 9.96. The third-order valence-corrected chi connectivity index (χ3v) is 5.51. The van der Waals surface area contributed by atoms with Gasteiger partial charge >= 0.3 is 0 Å². The molecule has 0 saturated heterocycles. The van der Waals surface area contributed by atoms with E-state index in [9.17, 15) is 4.79 Å². The van der Waals surface area contributed by atoms with Crippen LogP contribution >= 0.6 is 11.6 Å². The van der Waals surface area contributed by atoms with Crippen molar-refractivity contribution in [3.05, 3.63) is 75.6 Å². The summed E-state index contributed by atoms with van der Waals surface area (Å²) in [6, 6.07) is 13.8. The number of aromatic nitrogens is 1. The number of carbonyl (C=O) groups is 1. The lowest BCUT2D eigenvalue weighted by molar-refractivity contribution is 0.1000. The molecule has 0 fully saturated rings. The van der Waals surface area contributed by atoms with Crippen molar-refractivity contribution >= 4 is 17.5 Å². The summed E-state index contributed by atoms with van der Waals surface area (Å²) < 4.78 is 7.60. The molecule has 0 atom stereocenters. The maximum Gasteiger partial charge on any atom is 0.251 e. The van der Waals surface area contributed by atoms with Crippen molar-refractivity contribution in [2.24, 2.45) is 5.73 Å². The van der Waals surface area contributed by atoms with Crippen LogP contribution in [0.3, 0.4) is 0 Å². The van der Waals surface area contributed by atoms with Gasteiger partial charge in [-0.2, -0.15) is 0 Å². The molecule has 1 heterocycles. The number of ether oxygens (including phenoxy) is 1. The third-order valence-electron chi connectivity index (χ3n) is 5.28. The predicted molar refractivity (Wildman–Crippen MR) is 119 cm³/mol. The molecule has 4 nitrogen and oxygen atoms in total. The van der Waals surface area contributed by atoms with E-state index in [-0.39, 0.29) is 0 Å². The summed E-state index contributed by atoms with van der Waals surface area (Å²) in [7, 11) is 1.66. The molecule has 1 aromatic heterocycles. The molecule has 3 aromatic rings. The summed E-state index contributed by atoms with van der Waals surface area (Å²) in [5, 5.41) is 0.700. The first kappa shape index (κ1) is 21.0. The first-order valence-electron chi connectivity index (χ1n) is 9.78.